The van der Waals surface area contributed by atoms with Gasteiger partial charge >= 0.3 is 5.97 Å². The Hall–Kier alpha value is -5.21. The van der Waals surface area contributed by atoms with E-state index in [0.29, 0.717) is 0 Å². The number of amides is 1. The van der Waals surface area contributed by atoms with Crippen molar-refractivity contribution in [3.05, 3.63) is 64.8 Å². The number of aromatic hydroxyl groups is 2. The number of hydrogen-bond donors (Lipinski definition) is 10. The van der Waals surface area contributed by atoms with Gasteiger partial charge in [-0.25, -0.2) is 4.79 Å². The number of aliphatic hydroxyl groups is 7. The molecule has 1 aliphatic carbocycles. The van der Waals surface area contributed by atoms with Crippen LogP contribution in [0.25, 0.3) is 21.7 Å². The molecule has 0 radical (unpaired) electrons. The van der Waals surface area contributed by atoms with E-state index in [1.807, 2.05) is 42.1 Å². The Labute approximate surface area is 508 Å². The Morgan fingerprint density at radius 1 is 0.727 bits per heavy atom. The maximum Gasteiger partial charge on any atom is 0.328 e. The van der Waals surface area contributed by atoms with Crippen LogP contribution in [0.15, 0.2) is 42.6 Å². The SMILES string of the molecule is COC(=O)[C@H](Cc1cn(C)c2ccccc12)NC(=O)[C@@H](OC)[C@@H]1Cc2cc3cc(O[C@H]4C[C@@H](O[C@H]5C[C@@H](O)[C@H](O)[C@@H](C)O5)[C@H](O)[C@@H](C)O4)c(C)c(O)c3c(O)c2C(=O)[C@H]1O[C@H]1C[C@@H](O[C@H]2C[C@@H](O[C@H]3C[C@](C)(O)[C@H](O)[C@@H](C)O3)[C@@H](O)[C@@H](C)O2)[C@H](O)[C@@H](C)O1. The van der Waals surface area contributed by atoms with Gasteiger partial charge in [0.1, 0.15) is 66.0 Å². The third kappa shape index (κ3) is 13.3. The largest absolute Gasteiger partial charge is 0.507 e. The molecule has 26 nitrogen and oxygen atoms in total. The van der Waals surface area contributed by atoms with Gasteiger partial charge in [-0.15, -0.1) is 0 Å². The average Bonchev–Trinajstić information content (AvgIpc) is 0.937. The van der Waals surface area contributed by atoms with E-state index in [4.69, 9.17) is 56.8 Å². The standard InChI is InChI=1S/C62H84N2O24/c1-25-39(84-44-20-40(52(68)27(3)80-44)85-43-19-38(65)51(67)26(2)79-43)18-32-15-31-16-35(58(77-9)60(74)63-36(61(75)78-10)17-33-24-64(8)37-14-12-11-13-34(33)37)57(56(72)49(31)55(71)48(32)50(25)66)88-46-22-41(53(69)29(5)82-46)86-45-21-42(54(70)28(4)81-45)87-47-23-62(7,76)59(73)30(6)83-47/h11-15,18,24,26-30,35-36,38,40-47,51-54,57-59,65-71,73,76H,16-17,19-23H2,1-10H3,(H,63,74)/t26-,27-,28-,29-,30-,35-,36+,38-,40-,41-,42-,43+,44+,45+,46+,47+,51-,52-,53-,54+,57+,58+,59-,62+/m1/s1. The molecule has 6 heterocycles. The number of fused-ring (bicyclic) bond motifs is 3. The van der Waals surface area contributed by atoms with Gasteiger partial charge in [-0.2, -0.15) is 0 Å². The second-order valence-corrected chi connectivity index (χ2v) is 24.7. The van der Waals surface area contributed by atoms with E-state index < -0.39 is 176 Å². The highest BCUT2D eigenvalue weighted by Crippen LogP contribution is 2.48. The Balaban J connectivity index is 0.940. The van der Waals surface area contributed by atoms with Crippen molar-refractivity contribution >= 4 is 39.3 Å². The number of aromatic nitrogens is 1. The molecule has 10 N–H and O–H groups in total. The Morgan fingerprint density at radius 3 is 1.86 bits per heavy atom. The first-order valence-electron chi connectivity index (χ1n) is 30.0. The highest BCUT2D eigenvalue weighted by atomic mass is 16.7. The van der Waals surface area contributed by atoms with Crippen LogP contribution in [0.3, 0.4) is 0 Å². The number of phenolic OH excluding ortho intramolecular Hbond substituents is 2. The number of ketones is 1. The van der Waals surface area contributed by atoms with Gasteiger partial charge in [0.15, 0.2) is 30.9 Å². The maximum absolute atomic E-state index is 15.5. The van der Waals surface area contributed by atoms with Crippen molar-refractivity contribution in [3.63, 3.8) is 0 Å². The van der Waals surface area contributed by atoms with E-state index >= 15 is 4.79 Å². The highest BCUT2D eigenvalue weighted by molar-refractivity contribution is 6.11. The number of benzene rings is 3. The Bertz CT molecular complexity index is 3150. The lowest BCUT2D eigenvalue weighted by atomic mass is 9.76. The second kappa shape index (κ2) is 26.6. The molecule has 3 aromatic carbocycles. The zero-order valence-electron chi connectivity index (χ0n) is 50.9. The van der Waals surface area contributed by atoms with Crippen LogP contribution in [-0.2, 0) is 81.6 Å². The number of hydrogen-bond acceptors (Lipinski definition) is 24. The van der Waals surface area contributed by atoms with Crippen molar-refractivity contribution in [3.8, 4) is 17.2 Å². The number of Topliss-reactive ketones (excluding diaryl/α,β-unsaturated/α-hetero) is 1. The summed E-state index contributed by atoms with van der Waals surface area (Å²) in [6.45, 7) is 11.0. The minimum Gasteiger partial charge on any atom is -0.507 e. The summed E-state index contributed by atoms with van der Waals surface area (Å²) in [5.74, 6) is -4.63. The predicted molar refractivity (Wildman–Crippen MR) is 306 cm³/mol. The molecule has 5 aliphatic heterocycles. The van der Waals surface area contributed by atoms with E-state index in [9.17, 15) is 55.5 Å². The van der Waals surface area contributed by atoms with Gasteiger partial charge in [-0.1, -0.05) is 18.2 Å². The molecule has 1 amide bonds. The zero-order chi connectivity index (χ0) is 63.5. The first-order chi connectivity index (χ1) is 41.7. The summed E-state index contributed by atoms with van der Waals surface area (Å²) in [5.41, 5.74) is 0.169. The molecular weight excluding hydrogens is 1160 g/mol. The van der Waals surface area contributed by atoms with Crippen LogP contribution in [0, 0.1) is 12.8 Å². The molecule has 0 unspecified atom stereocenters. The smallest absolute Gasteiger partial charge is 0.328 e. The number of aryl methyl sites for hydroxylation is 1. The molecular formula is C62H84N2O24. The maximum atomic E-state index is 15.5. The summed E-state index contributed by atoms with van der Waals surface area (Å²) in [7, 11) is 4.31. The number of methoxy groups -OCH3 is 2. The molecule has 10 rings (SSSR count). The molecule has 26 heteroatoms. The summed E-state index contributed by atoms with van der Waals surface area (Å²) in [5, 5.41) is 104. The number of aliphatic hydroxyl groups excluding tert-OH is 6. The predicted octanol–water partition coefficient (Wildman–Crippen LogP) is 1.83. The summed E-state index contributed by atoms with van der Waals surface area (Å²) < 4.78 is 74.8. The van der Waals surface area contributed by atoms with Gasteiger partial charge in [0, 0.05) is 81.3 Å². The van der Waals surface area contributed by atoms with E-state index in [2.05, 4.69) is 5.32 Å². The van der Waals surface area contributed by atoms with Gasteiger partial charge in [0.2, 0.25) is 12.2 Å². The van der Waals surface area contributed by atoms with Crippen LogP contribution in [0.5, 0.6) is 17.2 Å². The van der Waals surface area contributed by atoms with Gasteiger partial charge < -0.3 is 113 Å². The number of para-hydroxylation sites is 1. The third-order valence-corrected chi connectivity index (χ3v) is 18.3. The van der Waals surface area contributed by atoms with E-state index in [-0.39, 0.29) is 78.2 Å². The van der Waals surface area contributed by atoms with Crippen LogP contribution >= 0.6 is 0 Å². The number of carbonyl (C=O) groups excluding carboxylic acids is 3. The number of carbonyl (C=O) groups is 3. The second-order valence-electron chi connectivity index (χ2n) is 24.7. The van der Waals surface area contributed by atoms with Crippen molar-refractivity contribution < 1.29 is 117 Å². The highest BCUT2D eigenvalue weighted by Gasteiger charge is 2.51. The fraction of sp³-hybridized carbons (Fsp3) is 0.661. The number of rotatable bonds is 17. The van der Waals surface area contributed by atoms with Gasteiger partial charge in [-0.05, 0) is 89.6 Å². The van der Waals surface area contributed by atoms with Crippen molar-refractivity contribution in [2.45, 2.75) is 234 Å². The lowest BCUT2D eigenvalue weighted by Crippen LogP contribution is -2.58. The number of nitrogens with one attached hydrogen (secondary N) is 1. The molecule has 1 aromatic heterocycles. The molecule has 4 aromatic rings. The van der Waals surface area contributed by atoms with Gasteiger partial charge in [0.25, 0.3) is 0 Å². The minimum atomic E-state index is -1.67. The molecule has 24 atom stereocenters. The molecule has 5 fully saturated rings. The van der Waals surface area contributed by atoms with Crippen LogP contribution in [0.4, 0.5) is 0 Å². The topological polar surface area (TPSA) is 361 Å². The molecule has 0 saturated carbocycles. The normalized spacial score (nSPS) is 37.9. The third-order valence-electron chi connectivity index (χ3n) is 18.3. The van der Waals surface area contributed by atoms with Crippen molar-refractivity contribution in [2.75, 3.05) is 14.2 Å². The summed E-state index contributed by atoms with van der Waals surface area (Å²) >= 11 is 0. The van der Waals surface area contributed by atoms with Crippen molar-refractivity contribution in [1.82, 2.24) is 9.88 Å². The minimum absolute atomic E-state index is 0.00476. The molecule has 88 heavy (non-hydrogen) atoms. The van der Waals surface area contributed by atoms with E-state index in [0.717, 1.165) is 16.5 Å². The Kier molecular flexibility index (Phi) is 19.8. The molecule has 0 bridgehead atoms. The fourth-order valence-electron chi connectivity index (χ4n) is 13.3. The van der Waals surface area contributed by atoms with Gasteiger partial charge in [-0.3, -0.25) is 9.59 Å². The number of ether oxygens (including phenoxy) is 12. The van der Waals surface area contributed by atoms with Crippen molar-refractivity contribution in [2.24, 2.45) is 13.0 Å². The average molecular weight is 1240 g/mol. The summed E-state index contributed by atoms with van der Waals surface area (Å²) in [6.07, 6.45) is -21.8. The van der Waals surface area contributed by atoms with Crippen LogP contribution in [0.1, 0.15) is 101 Å². The zero-order valence-corrected chi connectivity index (χ0v) is 50.9. The monoisotopic (exact) mass is 1240 g/mol. The molecule has 5 saturated heterocycles. The van der Waals surface area contributed by atoms with E-state index in [1.165, 1.54) is 34.1 Å². The van der Waals surface area contributed by atoms with Gasteiger partial charge in [0.05, 0.1) is 78.6 Å². The number of esters is 1. The lowest BCUT2D eigenvalue weighted by molar-refractivity contribution is -0.334. The fourth-order valence-corrected chi connectivity index (χ4v) is 13.3. The number of nitrogens with zero attached hydrogens (tertiary/aromatic N) is 1. The lowest BCUT2D eigenvalue weighted by Gasteiger charge is -2.46. The van der Waals surface area contributed by atoms with Crippen LogP contribution in [0.2, 0.25) is 0 Å². The summed E-state index contributed by atoms with van der Waals surface area (Å²) in [4.78, 5) is 44.0. The number of phenols is 2. The summed E-state index contributed by atoms with van der Waals surface area (Å²) in [6, 6.07) is 9.39. The molecule has 486 valence electrons. The quantitative estimate of drug-likeness (QED) is 0.0674. The van der Waals surface area contributed by atoms with Crippen molar-refractivity contribution in [1.29, 1.82) is 0 Å². The van der Waals surface area contributed by atoms with Crippen LogP contribution in [-0.4, -0.2) is 223 Å². The molecule has 0 spiro atoms. The van der Waals surface area contributed by atoms with Crippen LogP contribution < -0.4 is 10.1 Å². The Morgan fingerprint density at radius 2 is 1.27 bits per heavy atom. The first kappa shape index (κ1) is 65.7. The van der Waals surface area contributed by atoms with E-state index in [1.54, 1.807) is 40.7 Å². The molecule has 6 aliphatic rings. The first-order valence-corrected chi connectivity index (χ1v) is 30.0.